The Kier molecular flexibility index (Phi) is 6.48. The van der Waals surface area contributed by atoms with E-state index in [1.165, 1.54) is 16.0 Å². The Morgan fingerprint density at radius 2 is 1.27 bits per heavy atom. The van der Waals surface area contributed by atoms with Gasteiger partial charge in [-0.05, 0) is 24.1 Å². The quantitative estimate of drug-likeness (QED) is 0.217. The molecule has 180 valence electrons. The molecule has 0 aliphatic rings. The lowest BCUT2D eigenvalue weighted by Crippen LogP contribution is -2.08. The molecule has 6 aromatic rings. The molecular weight excluding hydrogens is 474 g/mol. The van der Waals surface area contributed by atoms with Crippen LogP contribution < -0.4 is 0 Å². The fourth-order valence-electron chi connectivity index (χ4n) is 4.39. The van der Waals surface area contributed by atoms with Gasteiger partial charge in [-0.25, -0.2) is 4.98 Å². The van der Waals surface area contributed by atoms with E-state index in [2.05, 4.69) is 89.9 Å². The molecule has 0 aliphatic heterocycles. The molecule has 37 heavy (non-hydrogen) atoms. The van der Waals surface area contributed by atoms with E-state index in [4.69, 9.17) is 10.1 Å². The molecule has 0 fully saturated rings. The molecular formula is C31H25N5S. The predicted octanol–water partition coefficient (Wildman–Crippen LogP) is 7.24. The highest BCUT2D eigenvalue weighted by Gasteiger charge is 2.21. The van der Waals surface area contributed by atoms with Crippen LogP contribution in [0.25, 0.3) is 28.3 Å². The normalized spacial score (nSPS) is 12.0. The lowest BCUT2D eigenvalue weighted by molar-refractivity contribution is 0.771. The molecule has 0 aliphatic carbocycles. The highest BCUT2D eigenvalue weighted by molar-refractivity contribution is 7.99. The molecule has 0 saturated carbocycles. The van der Waals surface area contributed by atoms with Gasteiger partial charge >= 0.3 is 0 Å². The minimum atomic E-state index is 0.144. The van der Waals surface area contributed by atoms with Crippen LogP contribution in [-0.2, 0) is 6.42 Å². The molecule has 4 aromatic carbocycles. The van der Waals surface area contributed by atoms with Gasteiger partial charge in [0, 0.05) is 27.7 Å². The Morgan fingerprint density at radius 1 is 0.676 bits per heavy atom. The standard InChI is InChI=1S/C31H25N5S/c1-22-13-11-12-20-26(22)37-27(23-14-5-2-6-15-23)21-28-33-34-31-32-29(24-16-7-3-8-17-24)30(35-36(28)31)25-18-9-4-10-19-25/h2-20,27H,21H2,1H3. The van der Waals surface area contributed by atoms with E-state index in [0.717, 1.165) is 28.3 Å². The molecule has 0 bridgehead atoms. The van der Waals surface area contributed by atoms with Crippen molar-refractivity contribution in [2.45, 2.75) is 23.5 Å². The topological polar surface area (TPSA) is 56.0 Å². The third-order valence-electron chi connectivity index (χ3n) is 6.32. The van der Waals surface area contributed by atoms with Gasteiger partial charge in [0.15, 0.2) is 5.82 Å². The number of benzene rings is 4. The van der Waals surface area contributed by atoms with Gasteiger partial charge in [-0.2, -0.15) is 9.61 Å². The largest absolute Gasteiger partial charge is 0.272 e. The Bertz CT molecular complexity index is 1630. The summed E-state index contributed by atoms with van der Waals surface area (Å²) in [4.78, 5) is 6.20. The van der Waals surface area contributed by atoms with Crippen LogP contribution in [0.4, 0.5) is 0 Å². The van der Waals surface area contributed by atoms with Crippen molar-refractivity contribution in [3.63, 3.8) is 0 Å². The van der Waals surface area contributed by atoms with Crippen molar-refractivity contribution in [3.05, 3.63) is 132 Å². The van der Waals surface area contributed by atoms with Crippen molar-refractivity contribution in [2.24, 2.45) is 0 Å². The molecule has 0 saturated heterocycles. The predicted molar refractivity (Wildman–Crippen MR) is 149 cm³/mol. The fourth-order valence-corrected chi connectivity index (χ4v) is 5.64. The molecule has 1 atom stereocenters. The number of hydrogen-bond donors (Lipinski definition) is 0. The first-order valence-corrected chi connectivity index (χ1v) is 13.1. The summed E-state index contributed by atoms with van der Waals surface area (Å²) in [5, 5.41) is 14.2. The van der Waals surface area contributed by atoms with E-state index in [0.29, 0.717) is 12.2 Å². The highest BCUT2D eigenvalue weighted by Crippen LogP contribution is 2.39. The van der Waals surface area contributed by atoms with E-state index in [1.807, 2.05) is 58.7 Å². The molecule has 2 heterocycles. The lowest BCUT2D eigenvalue weighted by Gasteiger charge is -2.17. The Morgan fingerprint density at radius 3 is 1.95 bits per heavy atom. The van der Waals surface area contributed by atoms with Crippen molar-refractivity contribution >= 4 is 17.5 Å². The minimum absolute atomic E-state index is 0.144. The van der Waals surface area contributed by atoms with Crippen molar-refractivity contribution < 1.29 is 0 Å². The molecule has 2 aromatic heterocycles. The minimum Gasteiger partial charge on any atom is -0.207 e. The molecule has 0 N–H and O–H groups in total. The smallest absolute Gasteiger partial charge is 0.207 e. The van der Waals surface area contributed by atoms with Gasteiger partial charge in [0.05, 0.1) is 0 Å². The molecule has 1 unspecified atom stereocenters. The molecule has 0 amide bonds. The fraction of sp³-hybridized carbons (Fsp3) is 0.0968. The monoisotopic (exact) mass is 499 g/mol. The summed E-state index contributed by atoms with van der Waals surface area (Å²) < 4.78 is 1.81. The first kappa shape index (κ1) is 23.1. The van der Waals surface area contributed by atoms with E-state index in [9.17, 15) is 0 Å². The lowest BCUT2D eigenvalue weighted by atomic mass is 10.0. The number of thioether (sulfide) groups is 1. The maximum Gasteiger partial charge on any atom is 0.272 e. The van der Waals surface area contributed by atoms with Crippen LogP contribution in [0.1, 0.15) is 22.2 Å². The maximum absolute atomic E-state index is 5.07. The van der Waals surface area contributed by atoms with Gasteiger partial charge < -0.3 is 0 Å². The van der Waals surface area contributed by atoms with Gasteiger partial charge in [-0.15, -0.1) is 22.0 Å². The summed E-state index contributed by atoms with van der Waals surface area (Å²) in [7, 11) is 0. The SMILES string of the molecule is Cc1ccccc1SC(Cc1nnc2nc(-c3ccccc3)c(-c3ccccc3)nn12)c1ccccc1. The second-order valence-corrected chi connectivity index (χ2v) is 10.1. The number of rotatable bonds is 7. The highest BCUT2D eigenvalue weighted by atomic mass is 32.2. The molecule has 6 heteroatoms. The van der Waals surface area contributed by atoms with E-state index >= 15 is 0 Å². The zero-order chi connectivity index (χ0) is 25.0. The van der Waals surface area contributed by atoms with Gasteiger partial charge in [0.1, 0.15) is 11.4 Å². The van der Waals surface area contributed by atoms with E-state index in [1.54, 1.807) is 0 Å². The van der Waals surface area contributed by atoms with Gasteiger partial charge in [-0.1, -0.05) is 109 Å². The van der Waals surface area contributed by atoms with Crippen molar-refractivity contribution in [1.29, 1.82) is 0 Å². The number of aromatic nitrogens is 5. The third-order valence-corrected chi connectivity index (χ3v) is 7.76. The van der Waals surface area contributed by atoms with Crippen molar-refractivity contribution in [2.75, 3.05) is 0 Å². The number of aryl methyl sites for hydroxylation is 1. The molecule has 6 rings (SSSR count). The molecule has 5 nitrogen and oxygen atoms in total. The number of fused-ring (bicyclic) bond motifs is 1. The first-order valence-electron chi connectivity index (χ1n) is 12.3. The Labute approximate surface area is 220 Å². The first-order chi connectivity index (χ1) is 18.3. The van der Waals surface area contributed by atoms with Crippen LogP contribution in [0.2, 0.25) is 0 Å². The second kappa shape index (κ2) is 10.4. The van der Waals surface area contributed by atoms with Crippen LogP contribution in [0.3, 0.4) is 0 Å². The van der Waals surface area contributed by atoms with Gasteiger partial charge in [0.2, 0.25) is 0 Å². The van der Waals surface area contributed by atoms with Crippen molar-refractivity contribution in [3.8, 4) is 22.5 Å². The summed E-state index contributed by atoms with van der Waals surface area (Å²) in [6, 6.07) is 39.4. The summed E-state index contributed by atoms with van der Waals surface area (Å²) >= 11 is 1.85. The maximum atomic E-state index is 5.07. The zero-order valence-corrected chi connectivity index (χ0v) is 21.2. The van der Waals surface area contributed by atoms with E-state index < -0.39 is 0 Å². The van der Waals surface area contributed by atoms with Crippen LogP contribution in [0, 0.1) is 6.92 Å². The van der Waals surface area contributed by atoms with Crippen LogP contribution in [0.15, 0.2) is 120 Å². The summed E-state index contributed by atoms with van der Waals surface area (Å²) in [5.41, 5.74) is 6.11. The average molecular weight is 500 g/mol. The summed E-state index contributed by atoms with van der Waals surface area (Å²) in [6.45, 7) is 2.15. The van der Waals surface area contributed by atoms with Gasteiger partial charge in [0.25, 0.3) is 5.78 Å². The summed E-state index contributed by atoms with van der Waals surface area (Å²) in [6.07, 6.45) is 0.664. The summed E-state index contributed by atoms with van der Waals surface area (Å²) in [5.74, 6) is 1.29. The Balaban J connectivity index is 1.45. The van der Waals surface area contributed by atoms with E-state index in [-0.39, 0.29) is 5.25 Å². The number of hydrogen-bond acceptors (Lipinski definition) is 5. The molecule has 0 radical (unpaired) electrons. The van der Waals surface area contributed by atoms with Crippen molar-refractivity contribution in [1.82, 2.24) is 24.8 Å². The number of nitrogens with zero attached hydrogens (tertiary/aromatic N) is 5. The third kappa shape index (κ3) is 4.88. The second-order valence-electron chi connectivity index (χ2n) is 8.86. The zero-order valence-electron chi connectivity index (χ0n) is 20.4. The van der Waals surface area contributed by atoms with Crippen LogP contribution in [-0.4, -0.2) is 24.8 Å². The van der Waals surface area contributed by atoms with Gasteiger partial charge in [-0.3, -0.25) is 0 Å². The average Bonchev–Trinajstić information content (AvgIpc) is 3.36. The van der Waals surface area contributed by atoms with Crippen LogP contribution in [0.5, 0.6) is 0 Å². The van der Waals surface area contributed by atoms with Crippen LogP contribution >= 0.6 is 11.8 Å². The Hall–Kier alpha value is -4.29. The molecule has 0 spiro atoms.